The highest BCUT2D eigenvalue weighted by molar-refractivity contribution is 6.75. The number of hydrogen-bond acceptors (Lipinski definition) is 9. The van der Waals surface area contributed by atoms with Gasteiger partial charge in [0.15, 0.2) is 23.1 Å². The largest absolute Gasteiger partial charge is 0.543 e. The molecule has 0 heterocycles. The van der Waals surface area contributed by atoms with Gasteiger partial charge >= 0.3 is 0 Å². The lowest BCUT2D eigenvalue weighted by molar-refractivity contribution is 0.100. The molecule has 0 saturated heterocycles. The van der Waals surface area contributed by atoms with Crippen LogP contribution < -0.4 is 13.3 Å². The zero-order valence-electron chi connectivity index (χ0n) is 52.9. The molecular formula is C66H96O9Si3. The summed E-state index contributed by atoms with van der Waals surface area (Å²) < 4.78 is 18.9. The lowest BCUT2D eigenvalue weighted by Gasteiger charge is -2.36. The van der Waals surface area contributed by atoms with E-state index in [1.807, 2.05) is 71.0 Å². The van der Waals surface area contributed by atoms with Crippen molar-refractivity contribution in [3.8, 4) is 64.8 Å². The second-order valence-corrected chi connectivity index (χ2v) is 38.5. The van der Waals surface area contributed by atoms with E-state index < -0.39 is 25.0 Å². The molecule has 9 nitrogen and oxygen atoms in total. The van der Waals surface area contributed by atoms with Crippen molar-refractivity contribution < 1.29 is 42.7 Å². The van der Waals surface area contributed by atoms with E-state index in [1.54, 1.807) is 41.5 Å². The summed E-state index contributed by atoms with van der Waals surface area (Å²) in [5.74, 6) is 16.5. The molecule has 0 spiro atoms. The first-order valence-electron chi connectivity index (χ1n) is 26.7. The summed E-state index contributed by atoms with van der Waals surface area (Å²) in [6.07, 6.45) is 6.14. The summed E-state index contributed by atoms with van der Waals surface area (Å²) in [5, 5.41) is 19.2. The molecule has 426 valence electrons. The van der Waals surface area contributed by atoms with Gasteiger partial charge in [0.2, 0.25) is 25.0 Å². The molecule has 0 amide bonds. The van der Waals surface area contributed by atoms with Gasteiger partial charge in [-0.25, -0.2) is 0 Å². The van der Waals surface area contributed by atoms with Crippen molar-refractivity contribution in [2.75, 3.05) is 0 Å². The van der Waals surface area contributed by atoms with Crippen LogP contribution in [0.4, 0.5) is 0 Å². The van der Waals surface area contributed by atoms with E-state index in [0.717, 1.165) is 62.6 Å². The first kappa shape index (κ1) is 71.9. The zero-order valence-corrected chi connectivity index (χ0v) is 55.9. The molecule has 12 heteroatoms. The summed E-state index contributed by atoms with van der Waals surface area (Å²) >= 11 is 0. The second-order valence-electron chi connectivity index (χ2n) is 24.4. The van der Waals surface area contributed by atoms with Gasteiger partial charge in [0.1, 0.15) is 28.7 Å². The lowest BCUT2D eigenvalue weighted by atomic mass is 9.98. The molecule has 0 saturated carbocycles. The Morgan fingerprint density at radius 3 is 1.00 bits per heavy atom. The Labute approximate surface area is 475 Å². The maximum Gasteiger partial charge on any atom is 0.250 e. The van der Waals surface area contributed by atoms with E-state index in [0.29, 0.717) is 28.7 Å². The molecule has 0 aliphatic heterocycles. The highest BCUT2D eigenvalue weighted by atomic mass is 28.4. The molecule has 0 aliphatic rings. The topological polar surface area (TPSA) is 136 Å². The van der Waals surface area contributed by atoms with Crippen LogP contribution in [-0.4, -0.2) is 58.3 Å². The molecule has 0 aliphatic carbocycles. The lowest BCUT2D eigenvalue weighted by Crippen LogP contribution is -2.43. The molecule has 4 aromatic carbocycles. The van der Waals surface area contributed by atoms with Crippen LogP contribution in [0.5, 0.6) is 28.7 Å². The summed E-state index contributed by atoms with van der Waals surface area (Å²) in [7, 11) is -5.61. The summed E-state index contributed by atoms with van der Waals surface area (Å²) in [6, 6.07) is 14.4. The van der Waals surface area contributed by atoms with Gasteiger partial charge in [-0.2, -0.15) is 0 Å². The van der Waals surface area contributed by atoms with Crippen molar-refractivity contribution in [3.05, 3.63) is 110 Å². The van der Waals surface area contributed by atoms with E-state index in [4.69, 9.17) is 13.3 Å². The quantitative estimate of drug-likeness (QED) is 0.0807. The van der Waals surface area contributed by atoms with Gasteiger partial charge in [0.25, 0.3) is 0 Å². The highest BCUT2D eigenvalue weighted by Gasteiger charge is 2.41. The first-order valence-corrected chi connectivity index (χ1v) is 35.4. The van der Waals surface area contributed by atoms with Crippen LogP contribution >= 0.6 is 0 Å². The number of aryl methyl sites for hydroxylation is 5. The van der Waals surface area contributed by atoms with E-state index >= 15 is 0 Å². The number of aromatic hydroxyl groups is 2. The van der Waals surface area contributed by atoms with Crippen LogP contribution in [0.1, 0.15) is 205 Å². The van der Waals surface area contributed by atoms with Crippen LogP contribution in [0.15, 0.2) is 48.5 Å². The zero-order chi connectivity index (χ0) is 61.3. The van der Waals surface area contributed by atoms with Crippen LogP contribution in [0.25, 0.3) is 0 Å². The fourth-order valence-corrected chi connectivity index (χ4v) is 10.5. The number of ketones is 4. The van der Waals surface area contributed by atoms with Gasteiger partial charge in [-0.05, 0) is 207 Å². The third-order valence-corrected chi connectivity index (χ3v) is 27.4. The van der Waals surface area contributed by atoms with Crippen LogP contribution in [0, 0.1) is 63.7 Å². The molecule has 0 aromatic heterocycles. The molecule has 0 unspecified atom stereocenters. The third kappa shape index (κ3) is 21.3. The molecule has 0 bridgehead atoms. The predicted octanol–water partition coefficient (Wildman–Crippen LogP) is 17.7. The maximum atomic E-state index is 11.8. The number of carbonyl (C=O) groups is 4. The fourth-order valence-electron chi connectivity index (χ4n) is 7.45. The molecule has 4 rings (SSSR count). The molecule has 78 heavy (non-hydrogen) atoms. The standard InChI is InChI=1S/2C18H26O2Si.C16H26O2Si.C11H14O3.C3H4/c2*1-9-10-15-12-16(11-13(2)17(15)14(3)19)20-21(7,8)18(4,5)6;1-11-9-14(10-12(2)15(11)13(3)17)18-19(7,8)16(4,5)6;1-3-4-8-5-9(13)6-10(14)11(8)7(2)12;1-3-2/h2*11-12H,1-8H3;9-10H,1-8H3;5-6,13-14H,3-4H2,1-2H3;1H,2H3. The van der Waals surface area contributed by atoms with Crippen LogP contribution in [-0.2, 0) is 6.42 Å². The number of phenolic OH excluding ortho intramolecular Hbond substituents is 2. The average Bonchev–Trinajstić information content (AvgIpc) is 3.22. The third-order valence-electron chi connectivity index (χ3n) is 14.3. The minimum atomic E-state index is -1.89. The Balaban J connectivity index is 0.00000100. The van der Waals surface area contributed by atoms with E-state index in [-0.39, 0.29) is 49.7 Å². The SMILES string of the molecule is C#CC.CC#Cc1cc(O[Si](C)(C)C(C)(C)C)cc(C)c1C(C)=O.CC#Cc1cc(O[Si](C)(C)C(C)(C)C)cc(C)c1C(C)=O.CC(=O)c1c(C)cc(O[Si](C)(C)C(C)(C)C)cc1C.CCCc1cc(O)cc(O)c1C(C)=O. The Morgan fingerprint density at radius 2 is 0.756 bits per heavy atom. The number of hydrogen-bond donors (Lipinski definition) is 2. The van der Waals surface area contributed by atoms with Crippen molar-refractivity contribution in [2.24, 2.45) is 0 Å². The Bertz CT molecular complexity index is 2810. The second kappa shape index (κ2) is 29.7. The van der Waals surface area contributed by atoms with Crippen molar-refractivity contribution in [2.45, 2.75) is 213 Å². The normalized spacial score (nSPS) is 11.2. The Hall–Kier alpha value is -6.11. The first-order chi connectivity index (χ1) is 35.4. The number of Topliss-reactive ketones (excluding diaryl/α,β-unsaturated/α-hetero) is 4. The number of carbonyl (C=O) groups excluding carboxylic acids is 4. The van der Waals surface area contributed by atoms with Gasteiger partial charge in [-0.15, -0.1) is 24.2 Å². The molecule has 0 radical (unpaired) electrons. The van der Waals surface area contributed by atoms with Crippen molar-refractivity contribution in [3.63, 3.8) is 0 Å². The molecular weight excluding hydrogens is 1020 g/mol. The minimum Gasteiger partial charge on any atom is -0.543 e. The molecule has 0 fully saturated rings. The van der Waals surface area contributed by atoms with Gasteiger partial charge in [-0.3, -0.25) is 19.2 Å². The summed E-state index contributed by atoms with van der Waals surface area (Å²) in [6.45, 7) is 54.5. The highest BCUT2D eigenvalue weighted by Crippen LogP contribution is 2.41. The van der Waals surface area contributed by atoms with E-state index in [1.165, 1.54) is 19.1 Å². The average molecular weight is 1120 g/mol. The number of phenols is 2. The van der Waals surface area contributed by atoms with E-state index in [2.05, 4.69) is 138 Å². The molecule has 4 aromatic rings. The van der Waals surface area contributed by atoms with Crippen molar-refractivity contribution >= 4 is 48.1 Å². The Morgan fingerprint density at radius 1 is 0.487 bits per heavy atom. The van der Waals surface area contributed by atoms with Gasteiger partial charge in [0, 0.05) is 33.9 Å². The van der Waals surface area contributed by atoms with Crippen molar-refractivity contribution in [1.29, 1.82) is 0 Å². The maximum absolute atomic E-state index is 11.8. The van der Waals surface area contributed by atoms with Crippen molar-refractivity contribution in [1.82, 2.24) is 0 Å². The van der Waals surface area contributed by atoms with E-state index in [9.17, 15) is 29.4 Å². The fraction of sp³-hybridized carbons (Fsp3) is 0.485. The van der Waals surface area contributed by atoms with Gasteiger partial charge in [-0.1, -0.05) is 87.5 Å². The summed E-state index contributed by atoms with van der Waals surface area (Å²) in [5.41, 5.74) is 8.64. The van der Waals surface area contributed by atoms with Gasteiger partial charge < -0.3 is 23.5 Å². The minimum absolute atomic E-state index is 0.00375. The van der Waals surface area contributed by atoms with Gasteiger partial charge in [0.05, 0.1) is 5.56 Å². The number of rotatable bonds is 12. The number of benzene rings is 4. The van der Waals surface area contributed by atoms with Crippen LogP contribution in [0.2, 0.25) is 54.4 Å². The smallest absolute Gasteiger partial charge is 0.250 e. The summed E-state index contributed by atoms with van der Waals surface area (Å²) in [4.78, 5) is 46.5. The van der Waals surface area contributed by atoms with Crippen LogP contribution in [0.3, 0.4) is 0 Å². The molecule has 2 N–H and O–H groups in total. The monoisotopic (exact) mass is 1120 g/mol. The number of terminal acetylenes is 1. The molecule has 0 atom stereocenters. The Kier molecular flexibility index (Phi) is 27.4. The predicted molar refractivity (Wildman–Crippen MR) is 335 cm³/mol.